The topological polar surface area (TPSA) is 30.7 Å². The van der Waals surface area contributed by atoms with Crippen LogP contribution in [0.1, 0.15) is 44.0 Å². The van der Waals surface area contributed by atoms with Crippen molar-refractivity contribution < 1.29 is 0 Å². The number of aryl methyl sites for hydroxylation is 1. The summed E-state index contributed by atoms with van der Waals surface area (Å²) in [5, 5.41) is 0. The van der Waals surface area contributed by atoms with Gasteiger partial charge in [-0.25, -0.2) is 9.97 Å². The van der Waals surface area contributed by atoms with Crippen LogP contribution in [-0.4, -0.2) is 14.5 Å². The molecule has 0 N–H and O–H groups in total. The molecular formula is C16H22ClN3. The molecule has 2 unspecified atom stereocenters. The summed E-state index contributed by atoms with van der Waals surface area (Å²) in [7, 11) is 0. The van der Waals surface area contributed by atoms with Crippen molar-refractivity contribution in [1.29, 1.82) is 0 Å². The van der Waals surface area contributed by atoms with Gasteiger partial charge in [-0.15, -0.1) is 11.6 Å². The van der Waals surface area contributed by atoms with Gasteiger partial charge in [0.25, 0.3) is 0 Å². The zero-order valence-corrected chi connectivity index (χ0v) is 13.0. The Hall–Kier alpha value is -1.09. The zero-order valence-electron chi connectivity index (χ0n) is 12.3. The highest BCUT2D eigenvalue weighted by Gasteiger charge is 2.24. The molecule has 2 aromatic heterocycles. The first-order chi connectivity index (χ1) is 9.70. The highest BCUT2D eigenvalue weighted by molar-refractivity contribution is 6.16. The van der Waals surface area contributed by atoms with Crippen LogP contribution in [0.5, 0.6) is 0 Å². The van der Waals surface area contributed by atoms with Gasteiger partial charge in [-0.1, -0.05) is 26.2 Å². The molecule has 2 atom stereocenters. The third kappa shape index (κ3) is 2.44. The van der Waals surface area contributed by atoms with E-state index < -0.39 is 0 Å². The van der Waals surface area contributed by atoms with Gasteiger partial charge >= 0.3 is 0 Å². The van der Waals surface area contributed by atoms with Crippen molar-refractivity contribution in [2.45, 2.75) is 52.0 Å². The van der Waals surface area contributed by atoms with E-state index in [0.717, 1.165) is 35.4 Å². The van der Waals surface area contributed by atoms with Crippen molar-refractivity contribution in [3.05, 3.63) is 23.7 Å². The highest BCUT2D eigenvalue weighted by Crippen LogP contribution is 2.32. The fraction of sp³-hybridized carbons (Fsp3) is 0.625. The largest absolute Gasteiger partial charge is 0.311 e. The van der Waals surface area contributed by atoms with Crippen molar-refractivity contribution >= 4 is 22.8 Å². The first-order valence-corrected chi connectivity index (χ1v) is 8.11. The number of imidazole rings is 1. The van der Waals surface area contributed by atoms with E-state index in [2.05, 4.69) is 28.4 Å². The average Bonchev–Trinajstić information content (AvgIpc) is 2.81. The van der Waals surface area contributed by atoms with Gasteiger partial charge < -0.3 is 4.57 Å². The van der Waals surface area contributed by atoms with Gasteiger partial charge in [-0.05, 0) is 36.8 Å². The lowest BCUT2D eigenvalue weighted by Gasteiger charge is -2.29. The molecule has 3 rings (SSSR count). The van der Waals surface area contributed by atoms with E-state index in [9.17, 15) is 0 Å². The summed E-state index contributed by atoms with van der Waals surface area (Å²) < 4.78 is 2.25. The number of rotatable bonds is 3. The first-order valence-electron chi connectivity index (χ1n) is 7.57. The lowest BCUT2D eigenvalue weighted by atomic mass is 9.80. The maximum absolute atomic E-state index is 6.10. The summed E-state index contributed by atoms with van der Waals surface area (Å²) in [5.41, 5.74) is 3.18. The molecule has 0 spiro atoms. The Kier molecular flexibility index (Phi) is 3.97. The molecule has 0 radical (unpaired) electrons. The van der Waals surface area contributed by atoms with Crippen molar-refractivity contribution in [2.75, 3.05) is 0 Å². The van der Waals surface area contributed by atoms with Gasteiger partial charge in [-0.2, -0.15) is 0 Å². The molecule has 108 valence electrons. The molecule has 3 nitrogen and oxygen atoms in total. The molecule has 2 heterocycles. The molecular weight excluding hydrogens is 270 g/mol. The molecule has 1 saturated carbocycles. The zero-order chi connectivity index (χ0) is 14.1. The minimum absolute atomic E-state index is 0.455. The Bertz CT molecular complexity index is 605. The van der Waals surface area contributed by atoms with E-state index >= 15 is 0 Å². The number of fused-ring (bicyclic) bond motifs is 1. The first kappa shape index (κ1) is 13.9. The molecule has 1 fully saturated rings. The molecule has 4 heteroatoms. The van der Waals surface area contributed by atoms with Crippen molar-refractivity contribution in [3.8, 4) is 0 Å². The van der Waals surface area contributed by atoms with E-state index in [0.29, 0.717) is 5.88 Å². The van der Waals surface area contributed by atoms with Gasteiger partial charge in [-0.3, -0.25) is 0 Å². The maximum Gasteiger partial charge on any atom is 0.160 e. The lowest BCUT2D eigenvalue weighted by Crippen LogP contribution is -2.23. The minimum Gasteiger partial charge on any atom is -0.311 e. The molecule has 0 amide bonds. The summed E-state index contributed by atoms with van der Waals surface area (Å²) in [6, 6.07) is 2.01. The number of hydrogen-bond donors (Lipinski definition) is 0. The predicted octanol–water partition coefficient (Wildman–Crippen LogP) is 4.30. The molecule has 20 heavy (non-hydrogen) atoms. The van der Waals surface area contributed by atoms with Crippen LogP contribution < -0.4 is 0 Å². The number of pyridine rings is 1. The summed E-state index contributed by atoms with van der Waals surface area (Å²) >= 11 is 6.10. The Morgan fingerprint density at radius 3 is 2.90 bits per heavy atom. The number of halogens is 1. The number of hydrogen-bond acceptors (Lipinski definition) is 2. The summed E-state index contributed by atoms with van der Waals surface area (Å²) in [4.78, 5) is 9.23. The molecule has 1 aliphatic rings. The SMILES string of the molecule is Cc1ccnc2c1nc(CCl)n2CC1CCCCC1C. The Morgan fingerprint density at radius 1 is 1.35 bits per heavy atom. The molecule has 1 aliphatic carbocycles. The Balaban J connectivity index is 1.99. The molecule has 0 aromatic carbocycles. The minimum atomic E-state index is 0.455. The third-order valence-corrected chi connectivity index (χ3v) is 4.98. The second-order valence-electron chi connectivity index (χ2n) is 6.09. The van der Waals surface area contributed by atoms with Gasteiger partial charge in [0.15, 0.2) is 5.65 Å². The number of nitrogens with zero attached hydrogens (tertiary/aromatic N) is 3. The number of alkyl halides is 1. The van der Waals surface area contributed by atoms with Crippen molar-refractivity contribution in [1.82, 2.24) is 14.5 Å². The van der Waals surface area contributed by atoms with Crippen LogP contribution in [0, 0.1) is 18.8 Å². The Labute approximate surface area is 125 Å². The second kappa shape index (κ2) is 5.72. The van der Waals surface area contributed by atoms with Crippen LogP contribution in [0.15, 0.2) is 12.3 Å². The van der Waals surface area contributed by atoms with Gasteiger partial charge in [0.1, 0.15) is 11.3 Å². The molecule has 0 saturated heterocycles. The summed E-state index contributed by atoms with van der Waals surface area (Å²) in [6.07, 6.45) is 7.26. The monoisotopic (exact) mass is 291 g/mol. The van der Waals surface area contributed by atoms with Crippen LogP contribution in [-0.2, 0) is 12.4 Å². The molecule has 2 aromatic rings. The fourth-order valence-electron chi connectivity index (χ4n) is 3.38. The summed E-state index contributed by atoms with van der Waals surface area (Å²) in [5.74, 6) is 2.93. The number of aromatic nitrogens is 3. The maximum atomic E-state index is 6.10. The van der Waals surface area contributed by atoms with Crippen LogP contribution in [0.25, 0.3) is 11.2 Å². The third-order valence-electron chi connectivity index (χ3n) is 4.74. The smallest absolute Gasteiger partial charge is 0.160 e. The fourth-order valence-corrected chi connectivity index (χ4v) is 3.58. The van der Waals surface area contributed by atoms with Gasteiger partial charge in [0, 0.05) is 12.7 Å². The highest BCUT2D eigenvalue weighted by atomic mass is 35.5. The predicted molar refractivity (Wildman–Crippen MR) is 82.9 cm³/mol. The van der Waals surface area contributed by atoms with E-state index in [1.165, 1.54) is 31.2 Å². The van der Waals surface area contributed by atoms with Gasteiger partial charge in [0.05, 0.1) is 5.88 Å². The van der Waals surface area contributed by atoms with Crippen LogP contribution >= 0.6 is 11.6 Å². The lowest BCUT2D eigenvalue weighted by molar-refractivity contribution is 0.229. The van der Waals surface area contributed by atoms with E-state index in [-0.39, 0.29) is 0 Å². The summed E-state index contributed by atoms with van der Waals surface area (Å²) in [6.45, 7) is 5.47. The van der Waals surface area contributed by atoms with E-state index in [1.807, 2.05) is 12.3 Å². The van der Waals surface area contributed by atoms with Gasteiger partial charge in [0.2, 0.25) is 0 Å². The van der Waals surface area contributed by atoms with E-state index in [4.69, 9.17) is 11.6 Å². The standard InChI is InChI=1S/C16H22ClN3/c1-11-5-3-4-6-13(11)10-20-14(9-17)19-15-12(2)7-8-18-16(15)20/h7-8,11,13H,3-6,9-10H2,1-2H3. The quantitative estimate of drug-likeness (QED) is 0.789. The van der Waals surface area contributed by atoms with Crippen LogP contribution in [0.2, 0.25) is 0 Å². The normalized spacial score (nSPS) is 23.4. The second-order valence-corrected chi connectivity index (χ2v) is 6.36. The average molecular weight is 292 g/mol. The van der Waals surface area contributed by atoms with Crippen LogP contribution in [0.4, 0.5) is 0 Å². The van der Waals surface area contributed by atoms with Crippen molar-refractivity contribution in [3.63, 3.8) is 0 Å². The van der Waals surface area contributed by atoms with Crippen LogP contribution in [0.3, 0.4) is 0 Å². The van der Waals surface area contributed by atoms with Crippen molar-refractivity contribution in [2.24, 2.45) is 11.8 Å². The molecule has 0 bridgehead atoms. The Morgan fingerprint density at radius 2 is 2.15 bits per heavy atom. The van der Waals surface area contributed by atoms with E-state index in [1.54, 1.807) is 0 Å². The molecule has 0 aliphatic heterocycles.